The SMILES string of the molecule is Cc1csc(Cc2noc(C3CCCCCC3=O)n2)n1. The van der Waals surface area contributed by atoms with Crippen molar-refractivity contribution in [2.45, 2.75) is 51.4 Å². The van der Waals surface area contributed by atoms with Crippen molar-refractivity contribution in [2.75, 3.05) is 0 Å². The van der Waals surface area contributed by atoms with Gasteiger partial charge in [-0.15, -0.1) is 11.3 Å². The topological polar surface area (TPSA) is 68.9 Å². The van der Waals surface area contributed by atoms with Crippen LogP contribution in [0.1, 0.15) is 60.4 Å². The van der Waals surface area contributed by atoms with Crippen molar-refractivity contribution in [1.82, 2.24) is 15.1 Å². The van der Waals surface area contributed by atoms with Gasteiger partial charge in [0, 0.05) is 17.5 Å². The number of carbonyl (C=O) groups is 1. The van der Waals surface area contributed by atoms with E-state index >= 15 is 0 Å². The Morgan fingerprint density at radius 2 is 2.25 bits per heavy atom. The maximum Gasteiger partial charge on any atom is 0.237 e. The van der Waals surface area contributed by atoms with E-state index in [2.05, 4.69) is 15.1 Å². The molecule has 0 radical (unpaired) electrons. The first kappa shape index (κ1) is 13.4. The Kier molecular flexibility index (Phi) is 3.91. The van der Waals surface area contributed by atoms with Gasteiger partial charge in [-0.2, -0.15) is 4.98 Å². The fourth-order valence-corrected chi connectivity index (χ4v) is 3.29. The van der Waals surface area contributed by atoms with Crippen LogP contribution in [0, 0.1) is 6.92 Å². The quantitative estimate of drug-likeness (QED) is 0.813. The molecule has 0 N–H and O–H groups in total. The van der Waals surface area contributed by atoms with E-state index in [0.717, 1.165) is 36.4 Å². The van der Waals surface area contributed by atoms with Crippen LogP contribution < -0.4 is 0 Å². The number of hydrogen-bond donors (Lipinski definition) is 0. The number of rotatable bonds is 3. The first-order chi connectivity index (χ1) is 9.72. The van der Waals surface area contributed by atoms with Crippen LogP contribution in [0.2, 0.25) is 0 Å². The summed E-state index contributed by atoms with van der Waals surface area (Å²) < 4.78 is 5.30. The van der Waals surface area contributed by atoms with Crippen LogP contribution in [0.5, 0.6) is 0 Å². The average molecular weight is 291 g/mol. The second-order valence-corrected chi connectivity index (χ2v) is 6.17. The highest BCUT2D eigenvalue weighted by molar-refractivity contribution is 7.09. The summed E-state index contributed by atoms with van der Waals surface area (Å²) in [6, 6.07) is 0. The van der Waals surface area contributed by atoms with Gasteiger partial charge in [0.1, 0.15) is 10.8 Å². The van der Waals surface area contributed by atoms with Gasteiger partial charge in [0.2, 0.25) is 5.89 Å². The molecular weight excluding hydrogens is 274 g/mol. The van der Waals surface area contributed by atoms with Crippen molar-refractivity contribution in [3.8, 4) is 0 Å². The highest BCUT2D eigenvalue weighted by Gasteiger charge is 2.27. The van der Waals surface area contributed by atoms with Crippen LogP contribution in [0.15, 0.2) is 9.90 Å². The van der Waals surface area contributed by atoms with E-state index in [1.165, 1.54) is 0 Å². The van der Waals surface area contributed by atoms with Gasteiger partial charge in [0.25, 0.3) is 0 Å². The first-order valence-corrected chi connectivity index (χ1v) is 7.86. The lowest BCUT2D eigenvalue weighted by Crippen LogP contribution is -2.10. The van der Waals surface area contributed by atoms with Crippen molar-refractivity contribution in [3.05, 3.63) is 27.8 Å². The molecule has 2 heterocycles. The van der Waals surface area contributed by atoms with Gasteiger partial charge in [-0.05, 0) is 19.8 Å². The zero-order chi connectivity index (χ0) is 13.9. The second-order valence-electron chi connectivity index (χ2n) is 5.23. The van der Waals surface area contributed by atoms with Gasteiger partial charge in [-0.25, -0.2) is 4.98 Å². The molecule has 1 saturated carbocycles. The van der Waals surface area contributed by atoms with Crippen LogP contribution in [0.4, 0.5) is 0 Å². The van der Waals surface area contributed by atoms with Gasteiger partial charge in [0.05, 0.1) is 12.3 Å². The second kappa shape index (κ2) is 5.83. The maximum absolute atomic E-state index is 12.0. The Morgan fingerprint density at radius 1 is 1.35 bits per heavy atom. The summed E-state index contributed by atoms with van der Waals surface area (Å²) in [5.74, 6) is 1.14. The van der Waals surface area contributed by atoms with E-state index in [4.69, 9.17) is 4.52 Å². The van der Waals surface area contributed by atoms with Crippen molar-refractivity contribution in [3.63, 3.8) is 0 Å². The molecule has 0 spiro atoms. The molecular formula is C14H17N3O2S. The summed E-state index contributed by atoms with van der Waals surface area (Å²) in [6.07, 6.45) is 5.18. The predicted octanol–water partition coefficient (Wildman–Crippen LogP) is 3.04. The minimum Gasteiger partial charge on any atom is -0.339 e. The number of thiazole rings is 1. The fraction of sp³-hybridized carbons (Fsp3) is 0.571. The van der Waals surface area contributed by atoms with Gasteiger partial charge >= 0.3 is 0 Å². The van der Waals surface area contributed by atoms with E-state index in [1.807, 2.05) is 12.3 Å². The molecule has 0 bridgehead atoms. The highest BCUT2D eigenvalue weighted by atomic mass is 32.1. The molecule has 0 aromatic carbocycles. The summed E-state index contributed by atoms with van der Waals surface area (Å²) in [7, 11) is 0. The number of ketones is 1. The van der Waals surface area contributed by atoms with Crippen LogP contribution in [0.3, 0.4) is 0 Å². The Hall–Kier alpha value is -1.56. The molecule has 6 heteroatoms. The maximum atomic E-state index is 12.0. The molecule has 2 aromatic heterocycles. The highest BCUT2D eigenvalue weighted by Crippen LogP contribution is 2.28. The van der Waals surface area contributed by atoms with E-state index in [1.54, 1.807) is 11.3 Å². The molecule has 0 saturated heterocycles. The van der Waals surface area contributed by atoms with E-state index in [9.17, 15) is 4.79 Å². The van der Waals surface area contributed by atoms with Crippen LogP contribution in [-0.2, 0) is 11.2 Å². The lowest BCUT2D eigenvalue weighted by Gasteiger charge is -2.06. The molecule has 1 aliphatic rings. The summed E-state index contributed by atoms with van der Waals surface area (Å²) in [5, 5.41) is 6.97. The molecule has 20 heavy (non-hydrogen) atoms. The van der Waals surface area contributed by atoms with Gasteiger partial charge in [-0.3, -0.25) is 4.79 Å². The van der Waals surface area contributed by atoms with Gasteiger partial charge < -0.3 is 4.52 Å². The summed E-state index contributed by atoms with van der Waals surface area (Å²) >= 11 is 1.59. The molecule has 1 unspecified atom stereocenters. The van der Waals surface area contributed by atoms with Crippen molar-refractivity contribution in [2.24, 2.45) is 0 Å². The van der Waals surface area contributed by atoms with Crippen LogP contribution in [0.25, 0.3) is 0 Å². The number of hydrogen-bond acceptors (Lipinski definition) is 6. The molecule has 0 aliphatic heterocycles. The standard InChI is InChI=1S/C14H17N3O2S/c1-9-8-20-13(15-9)7-12-16-14(19-17-12)10-5-3-2-4-6-11(10)18/h8,10H,2-7H2,1H3. The molecule has 0 amide bonds. The summed E-state index contributed by atoms with van der Waals surface area (Å²) in [5.41, 5.74) is 1.01. The minimum absolute atomic E-state index is 0.197. The van der Waals surface area contributed by atoms with E-state index < -0.39 is 0 Å². The third-order valence-corrected chi connectivity index (χ3v) is 4.53. The van der Waals surface area contributed by atoms with Crippen molar-refractivity contribution >= 4 is 17.1 Å². The zero-order valence-electron chi connectivity index (χ0n) is 11.5. The average Bonchev–Trinajstić information content (AvgIpc) is 2.98. The zero-order valence-corrected chi connectivity index (χ0v) is 12.3. The molecule has 2 aromatic rings. The first-order valence-electron chi connectivity index (χ1n) is 6.98. The monoisotopic (exact) mass is 291 g/mol. The van der Waals surface area contributed by atoms with Gasteiger partial charge in [0.15, 0.2) is 5.82 Å². The summed E-state index contributed by atoms with van der Waals surface area (Å²) in [4.78, 5) is 20.8. The minimum atomic E-state index is -0.197. The van der Waals surface area contributed by atoms with Crippen molar-refractivity contribution < 1.29 is 9.32 Å². The number of aryl methyl sites for hydroxylation is 1. The smallest absolute Gasteiger partial charge is 0.237 e. The Labute approximate surface area is 121 Å². The normalized spacial score (nSPS) is 20.1. The molecule has 1 aliphatic carbocycles. The molecule has 3 rings (SSSR count). The fourth-order valence-electron chi connectivity index (χ4n) is 2.52. The number of nitrogens with zero attached hydrogens (tertiary/aromatic N) is 3. The van der Waals surface area contributed by atoms with Crippen LogP contribution in [-0.4, -0.2) is 20.9 Å². The van der Waals surface area contributed by atoms with E-state index in [-0.39, 0.29) is 11.7 Å². The molecule has 1 atom stereocenters. The van der Waals surface area contributed by atoms with E-state index in [0.29, 0.717) is 24.6 Å². The molecule has 106 valence electrons. The number of aromatic nitrogens is 3. The lowest BCUT2D eigenvalue weighted by molar-refractivity contribution is -0.120. The summed E-state index contributed by atoms with van der Waals surface area (Å²) in [6.45, 7) is 1.96. The Balaban J connectivity index is 1.74. The van der Waals surface area contributed by atoms with Gasteiger partial charge in [-0.1, -0.05) is 18.0 Å². The lowest BCUT2D eigenvalue weighted by atomic mass is 9.99. The number of Topliss-reactive ketones (excluding diaryl/α,β-unsaturated/α-hetero) is 1. The van der Waals surface area contributed by atoms with Crippen molar-refractivity contribution in [1.29, 1.82) is 0 Å². The Bertz CT molecular complexity index is 605. The Morgan fingerprint density at radius 3 is 3.05 bits per heavy atom. The van der Waals surface area contributed by atoms with Crippen LogP contribution >= 0.6 is 11.3 Å². The molecule has 1 fully saturated rings. The third kappa shape index (κ3) is 2.95. The predicted molar refractivity (Wildman–Crippen MR) is 74.8 cm³/mol. The largest absolute Gasteiger partial charge is 0.339 e. The molecule has 5 nitrogen and oxygen atoms in total. The number of carbonyl (C=O) groups excluding carboxylic acids is 1. The third-order valence-electron chi connectivity index (χ3n) is 3.56.